The summed E-state index contributed by atoms with van der Waals surface area (Å²) in [5, 5.41) is 15.5. The summed E-state index contributed by atoms with van der Waals surface area (Å²) in [7, 11) is 0. The van der Waals surface area contributed by atoms with E-state index in [1.54, 1.807) is 31.2 Å². The molecule has 6 unspecified atom stereocenters. The summed E-state index contributed by atoms with van der Waals surface area (Å²) in [4.78, 5) is 41.1. The fourth-order valence-corrected chi connectivity index (χ4v) is 12.6. The number of aliphatic hydroxyl groups excluding tert-OH is 1. The van der Waals surface area contributed by atoms with Gasteiger partial charge in [-0.05, 0) is 128 Å². The number of hydrogen-bond acceptors (Lipinski definition) is 8. The van der Waals surface area contributed by atoms with Crippen molar-refractivity contribution in [3.63, 3.8) is 0 Å². The number of rotatable bonds is 14. The van der Waals surface area contributed by atoms with E-state index in [4.69, 9.17) is 17.4 Å². The van der Waals surface area contributed by atoms with E-state index < -0.39 is 17.1 Å². The highest BCUT2D eigenvalue weighted by Gasteiger charge is 2.45. The Morgan fingerprint density at radius 3 is 2.22 bits per heavy atom. The largest absolute Gasteiger partial charge is 0.368 e. The van der Waals surface area contributed by atoms with Crippen molar-refractivity contribution in [2.45, 2.75) is 92.7 Å². The number of carbonyl (C=O) groups is 3. The van der Waals surface area contributed by atoms with E-state index in [1.165, 1.54) is 27.2 Å². The number of aliphatic hydroxyl groups is 1. The van der Waals surface area contributed by atoms with Gasteiger partial charge in [0.2, 0.25) is 0 Å². The van der Waals surface area contributed by atoms with Crippen LogP contribution in [-0.2, 0) is 15.9 Å². The summed E-state index contributed by atoms with van der Waals surface area (Å²) in [5.41, 5.74) is 13.9. The molecule has 68 heavy (non-hydrogen) atoms. The molecule has 0 spiro atoms. The molecule has 4 N–H and O–H groups in total. The highest BCUT2D eigenvalue weighted by atomic mass is 32.2. The lowest BCUT2D eigenvalue weighted by molar-refractivity contribution is -0.118. The van der Waals surface area contributed by atoms with Crippen molar-refractivity contribution in [1.29, 1.82) is 0 Å². The molecule has 2 aliphatic rings. The number of nitrogens with zero attached hydrogens (tertiary/aromatic N) is 1. The topological polar surface area (TPSA) is 120 Å². The van der Waals surface area contributed by atoms with E-state index >= 15 is 0 Å². The average molecular weight is 947 g/mol. The molecular weight excluding hydrogens is 885 g/mol. The maximum atomic E-state index is 13.5. The Hall–Kier alpha value is -5.85. The minimum absolute atomic E-state index is 0.0272. The van der Waals surface area contributed by atoms with Crippen molar-refractivity contribution in [1.82, 2.24) is 10.3 Å². The third-order valence-corrected chi connectivity index (χ3v) is 16.0. The zero-order chi connectivity index (χ0) is 47.6. The van der Waals surface area contributed by atoms with Crippen LogP contribution in [0.2, 0.25) is 0 Å². The smallest absolute Gasteiger partial charge is 0.337 e. The molecule has 0 saturated carbocycles. The van der Waals surface area contributed by atoms with Gasteiger partial charge >= 0.3 is 6.03 Å². The van der Waals surface area contributed by atoms with E-state index in [1.807, 2.05) is 42.1 Å². The standard InChI is InChI=1S/C57H62N4O5S2/c1-4-7-16-38-25-27-39(28-26-38)42-19-14-24-51(62)66-37-44(5-2)57(45-20-12-9-13-21-45,68-55(67)41-17-10-8-11-18-41)36-43(35-42)40-29-31-46(32-30-40)58-56(65)60-59-50-34-33-49-52-47(50)22-15-23-48(52)53(63)61(6-3)54(49)64/h4,8-13,15,17-18,20-23,25-34,42-44,51,55,59,62,67H,1,5-7,14,16,19,24,35-37H2,2-3H3,(H2,58,60,65). The van der Waals surface area contributed by atoms with Gasteiger partial charge in [0.05, 0.1) is 16.9 Å². The molecule has 9 nitrogen and oxygen atoms in total. The van der Waals surface area contributed by atoms with Gasteiger partial charge in [-0.25, -0.2) is 4.79 Å². The Balaban J connectivity index is 1.11. The number of nitrogens with one attached hydrogen (secondary N) is 3. The number of carbonyl (C=O) groups excluding carboxylic acids is 3. The Morgan fingerprint density at radius 1 is 0.853 bits per heavy atom. The van der Waals surface area contributed by atoms with Crippen molar-refractivity contribution < 1.29 is 24.2 Å². The third-order valence-electron chi connectivity index (χ3n) is 13.8. The summed E-state index contributed by atoms with van der Waals surface area (Å²) in [6.45, 7) is 8.61. The second kappa shape index (κ2) is 22.5. The average Bonchev–Trinajstić information content (AvgIpc) is 3.37. The number of hydrogen-bond donors (Lipinski definition) is 5. The summed E-state index contributed by atoms with van der Waals surface area (Å²) in [6.07, 6.45) is 7.71. The predicted molar refractivity (Wildman–Crippen MR) is 280 cm³/mol. The van der Waals surface area contributed by atoms with Crippen molar-refractivity contribution >= 4 is 64.4 Å². The summed E-state index contributed by atoms with van der Waals surface area (Å²) in [6, 6.07) is 46.8. The first-order chi connectivity index (χ1) is 33.1. The summed E-state index contributed by atoms with van der Waals surface area (Å²) in [5.74, 6) is -0.359. The Bertz CT molecular complexity index is 2660. The number of hydrazine groups is 1. The molecule has 352 valence electrons. The van der Waals surface area contributed by atoms with Crippen molar-refractivity contribution in [2.75, 3.05) is 23.9 Å². The molecule has 0 aromatic heterocycles. The minimum Gasteiger partial charge on any atom is -0.368 e. The molecule has 8 rings (SSSR count). The van der Waals surface area contributed by atoms with E-state index in [0.717, 1.165) is 50.5 Å². The van der Waals surface area contributed by atoms with Crippen molar-refractivity contribution in [2.24, 2.45) is 5.92 Å². The van der Waals surface area contributed by atoms with Crippen LogP contribution in [0.1, 0.15) is 124 Å². The Kier molecular flexibility index (Phi) is 16.1. The quantitative estimate of drug-likeness (QED) is 0.0242. The first kappa shape index (κ1) is 48.6. The van der Waals surface area contributed by atoms with Crippen molar-refractivity contribution in [3.8, 4) is 0 Å². The van der Waals surface area contributed by atoms with Crippen LogP contribution in [0.4, 0.5) is 16.2 Å². The van der Waals surface area contributed by atoms with Gasteiger partial charge in [0.25, 0.3) is 11.8 Å². The molecule has 2 heterocycles. The van der Waals surface area contributed by atoms with Gasteiger partial charge in [-0.15, -0.1) is 18.3 Å². The number of urea groups is 1. The molecule has 1 fully saturated rings. The van der Waals surface area contributed by atoms with Gasteiger partial charge in [-0.1, -0.05) is 122 Å². The maximum absolute atomic E-state index is 13.5. The number of benzene rings is 6. The number of imide groups is 1. The van der Waals surface area contributed by atoms with Crippen LogP contribution in [0.5, 0.6) is 0 Å². The molecular formula is C57H62N4O5S2. The number of aryl methyl sites for hydroxylation is 1. The second-order valence-electron chi connectivity index (χ2n) is 17.9. The molecule has 0 aliphatic carbocycles. The van der Waals surface area contributed by atoms with Crippen LogP contribution in [-0.4, -0.2) is 47.3 Å². The van der Waals surface area contributed by atoms with Gasteiger partial charge in [0, 0.05) is 44.8 Å². The van der Waals surface area contributed by atoms with Gasteiger partial charge in [0.1, 0.15) is 0 Å². The van der Waals surface area contributed by atoms with Crippen LogP contribution >= 0.6 is 24.4 Å². The van der Waals surface area contributed by atoms with E-state index in [0.29, 0.717) is 46.3 Å². The lowest BCUT2D eigenvalue weighted by atomic mass is 9.72. The van der Waals surface area contributed by atoms with E-state index in [-0.39, 0.29) is 40.7 Å². The number of thiol groups is 1. The van der Waals surface area contributed by atoms with Crippen molar-refractivity contribution in [3.05, 3.63) is 191 Å². The predicted octanol–water partition coefficient (Wildman–Crippen LogP) is 13.2. The highest BCUT2D eigenvalue weighted by Crippen LogP contribution is 2.58. The number of anilines is 2. The molecule has 11 heteroatoms. The highest BCUT2D eigenvalue weighted by molar-refractivity contribution is 8.10. The van der Waals surface area contributed by atoms with E-state index in [2.05, 4.69) is 121 Å². The van der Waals surface area contributed by atoms with Gasteiger partial charge < -0.3 is 15.2 Å². The molecule has 1 saturated heterocycles. The molecule has 2 aliphatic heterocycles. The molecule has 0 radical (unpaired) electrons. The van der Waals surface area contributed by atoms with E-state index in [9.17, 15) is 19.5 Å². The lowest BCUT2D eigenvalue weighted by Crippen LogP contribution is -2.40. The lowest BCUT2D eigenvalue weighted by Gasteiger charge is -2.45. The van der Waals surface area contributed by atoms with Gasteiger partial charge in [0.15, 0.2) is 6.29 Å². The molecule has 6 aromatic rings. The van der Waals surface area contributed by atoms with Crippen LogP contribution in [0.15, 0.2) is 152 Å². The monoisotopic (exact) mass is 946 g/mol. The van der Waals surface area contributed by atoms with Crippen LogP contribution in [0, 0.1) is 5.92 Å². The van der Waals surface area contributed by atoms with Gasteiger partial charge in [-0.2, -0.15) is 12.6 Å². The molecule has 6 atom stereocenters. The van der Waals surface area contributed by atoms with Crippen LogP contribution in [0.3, 0.4) is 0 Å². The minimum atomic E-state index is -0.857. The Labute approximate surface area is 410 Å². The second-order valence-corrected chi connectivity index (χ2v) is 20.2. The Morgan fingerprint density at radius 2 is 1.53 bits per heavy atom. The zero-order valence-electron chi connectivity index (χ0n) is 38.9. The summed E-state index contributed by atoms with van der Waals surface area (Å²) >= 11 is 7.20. The maximum Gasteiger partial charge on any atom is 0.337 e. The SMILES string of the molecule is C=CCCc1ccc(C2CCCC(O)OCC(CC)C(SC(S)c3ccccc3)(c3ccccc3)CC(c3ccc(NC(=O)NNc4ccc5c6c(cccc46)C(=O)N(CC)C5=O)cc3)C2)cc1. The number of amides is 4. The zero-order valence-corrected chi connectivity index (χ0v) is 40.6. The fourth-order valence-electron chi connectivity index (χ4n) is 10.1. The number of thioether (sulfide) groups is 1. The number of ether oxygens (including phenoxy) is 1. The van der Waals surface area contributed by atoms with Crippen LogP contribution < -0.4 is 16.2 Å². The normalized spacial score (nSPS) is 21.6. The molecule has 6 aromatic carbocycles. The first-order valence-electron chi connectivity index (χ1n) is 23.9. The fraction of sp³-hybridized carbons (Fsp3) is 0.316. The van der Waals surface area contributed by atoms with Crippen LogP contribution in [0.25, 0.3) is 10.8 Å². The first-order valence-corrected chi connectivity index (χ1v) is 25.3. The van der Waals surface area contributed by atoms with Gasteiger partial charge in [-0.3, -0.25) is 25.3 Å². The third kappa shape index (κ3) is 10.9. The summed E-state index contributed by atoms with van der Waals surface area (Å²) < 4.78 is 5.77. The molecule has 0 bridgehead atoms. The number of allylic oxidation sites excluding steroid dienone is 1. The molecule has 4 amide bonds.